The van der Waals surface area contributed by atoms with Crippen LogP contribution >= 0.6 is 0 Å². The van der Waals surface area contributed by atoms with Gasteiger partial charge in [-0.3, -0.25) is 0 Å². The lowest BCUT2D eigenvalue weighted by molar-refractivity contribution is 1.75. The van der Waals surface area contributed by atoms with E-state index in [1.807, 2.05) is 0 Å². The van der Waals surface area contributed by atoms with Crippen LogP contribution in [-0.2, 0) is 0 Å². The normalized spacial score (nSPS) is 15.8. The Morgan fingerprint density at radius 2 is 0.688 bits per heavy atom. The van der Waals surface area contributed by atoms with Gasteiger partial charge in [0.1, 0.15) is 0 Å². The van der Waals surface area contributed by atoms with Gasteiger partial charge in [-0.25, -0.2) is 0 Å². The standard InChI is InChI=1S/C11H33Si5/c1-12(2)16(13(3,4)5,14(6,7)8)15(9,10)11/h1-11H3. The van der Waals surface area contributed by atoms with Crippen LogP contribution in [0.5, 0.6) is 0 Å². The molecule has 0 nitrogen and oxygen atoms in total. The van der Waals surface area contributed by atoms with Crippen molar-refractivity contribution in [3.05, 3.63) is 0 Å². The molecule has 16 heavy (non-hydrogen) atoms. The maximum Gasteiger partial charge on any atom is 0.0315 e. The van der Waals surface area contributed by atoms with E-state index in [4.69, 9.17) is 0 Å². The van der Waals surface area contributed by atoms with Gasteiger partial charge in [0.2, 0.25) is 0 Å². The topological polar surface area (TPSA) is 0 Å². The molecule has 1 radical (unpaired) electrons. The van der Waals surface area contributed by atoms with Crippen molar-refractivity contribution in [2.75, 3.05) is 0 Å². The molecule has 0 aromatic heterocycles. The molecular formula is C11H33Si5. The van der Waals surface area contributed by atoms with Gasteiger partial charge >= 0.3 is 0 Å². The summed E-state index contributed by atoms with van der Waals surface area (Å²) in [6, 6.07) is 0. The van der Waals surface area contributed by atoms with Crippen LogP contribution in [0.25, 0.3) is 0 Å². The molecule has 0 amide bonds. The fourth-order valence-corrected chi connectivity index (χ4v) is 152. The Balaban J connectivity index is 6.05. The molecule has 0 aliphatic carbocycles. The van der Waals surface area contributed by atoms with Gasteiger partial charge in [0.05, 0.1) is 0 Å². The monoisotopic (exact) mass is 305 g/mol. The smallest absolute Gasteiger partial charge is 0.0315 e. The van der Waals surface area contributed by atoms with Crippen molar-refractivity contribution in [1.29, 1.82) is 0 Å². The maximum absolute atomic E-state index is 2.70. The van der Waals surface area contributed by atoms with Gasteiger partial charge in [0.15, 0.2) is 0 Å². The Labute approximate surface area is 109 Å². The minimum absolute atomic E-state index is 0.0802. The molecule has 0 aromatic carbocycles. The molecule has 0 unspecified atom stereocenters. The average Bonchev–Trinajstić information content (AvgIpc) is 1.71. The first kappa shape index (κ1) is 17.1. The summed E-state index contributed by atoms with van der Waals surface area (Å²) in [5, 5.41) is 0. The fourth-order valence-electron chi connectivity index (χ4n) is 5.62. The van der Waals surface area contributed by atoms with Crippen molar-refractivity contribution in [3.8, 4) is 0 Å². The quantitative estimate of drug-likeness (QED) is 0.670. The predicted octanol–water partition coefficient (Wildman–Crippen LogP) is 4.52. The Hall–Kier alpha value is 1.08. The second kappa shape index (κ2) is 4.64. The molecule has 0 aliphatic rings. The highest BCUT2D eigenvalue weighted by molar-refractivity contribution is 8.03. The van der Waals surface area contributed by atoms with E-state index < -0.39 is 28.9 Å². The number of hydrogen-bond donors (Lipinski definition) is 0. The van der Waals surface area contributed by atoms with Crippen molar-refractivity contribution in [2.24, 2.45) is 0 Å². The van der Waals surface area contributed by atoms with E-state index in [9.17, 15) is 0 Å². The summed E-state index contributed by atoms with van der Waals surface area (Å²) in [6.07, 6.45) is -0.959. The molecule has 0 saturated heterocycles. The van der Waals surface area contributed by atoms with E-state index in [2.05, 4.69) is 72.0 Å². The first-order valence-corrected chi connectivity index (χ1v) is 25.5. The lowest BCUT2D eigenvalue weighted by Crippen LogP contribution is -2.88. The van der Waals surface area contributed by atoms with Gasteiger partial charge in [-0.2, -0.15) is 0 Å². The molecule has 0 bridgehead atoms. The highest BCUT2D eigenvalue weighted by Gasteiger charge is 2.62. The van der Waals surface area contributed by atoms with Crippen molar-refractivity contribution < 1.29 is 0 Å². The second-order valence-corrected chi connectivity index (χ2v) is 60.0. The minimum atomic E-state index is -0.963. The molecule has 0 aromatic rings. The van der Waals surface area contributed by atoms with E-state index in [-0.39, 0.29) is 8.31 Å². The lowest BCUT2D eigenvalue weighted by Gasteiger charge is -2.60. The number of rotatable bonds is 4. The van der Waals surface area contributed by atoms with Crippen molar-refractivity contribution in [2.45, 2.75) is 72.0 Å². The first-order valence-electron chi connectivity index (χ1n) is 6.50. The minimum Gasteiger partial charge on any atom is -0.0739 e. The van der Waals surface area contributed by atoms with Crippen molar-refractivity contribution in [1.82, 2.24) is 0 Å². The average molecular weight is 306 g/mol. The zero-order valence-corrected chi connectivity index (χ0v) is 18.5. The van der Waals surface area contributed by atoms with Crippen LogP contribution in [0.1, 0.15) is 0 Å². The zero-order valence-electron chi connectivity index (χ0n) is 13.5. The van der Waals surface area contributed by atoms with Crippen LogP contribution < -0.4 is 0 Å². The summed E-state index contributed by atoms with van der Waals surface area (Å²) < 4.78 is 0. The fraction of sp³-hybridized carbons (Fsp3) is 1.00. The van der Waals surface area contributed by atoms with E-state index in [1.54, 1.807) is 0 Å². The predicted molar refractivity (Wildman–Crippen MR) is 93.3 cm³/mol. The van der Waals surface area contributed by atoms with Crippen LogP contribution in [0, 0.1) is 0 Å². The Morgan fingerprint density at radius 3 is 0.688 bits per heavy atom. The molecular weight excluding hydrogens is 273 g/mol. The largest absolute Gasteiger partial charge is 0.0739 e. The highest BCUT2D eigenvalue weighted by atomic mass is 30.2. The summed E-state index contributed by atoms with van der Waals surface area (Å²) in [7, 11) is -2.97. The van der Waals surface area contributed by atoms with Crippen LogP contribution in [-0.4, -0.2) is 37.2 Å². The molecule has 0 atom stereocenters. The molecule has 0 N–H and O–H groups in total. The SMILES string of the molecule is C[Si](C)[Si]([Si](C)(C)C)([Si](C)(C)C)[Si](C)(C)C. The summed E-state index contributed by atoms with van der Waals surface area (Å²) >= 11 is 0. The Morgan fingerprint density at radius 1 is 0.500 bits per heavy atom. The second-order valence-electron chi connectivity index (χ2n) is 8.50. The summed E-state index contributed by atoms with van der Waals surface area (Å²) in [5.74, 6) is 0. The Bertz CT molecular complexity index is 203. The molecule has 5 heteroatoms. The molecule has 0 rings (SSSR count). The highest BCUT2D eigenvalue weighted by Crippen LogP contribution is 2.38. The van der Waals surface area contributed by atoms with Crippen LogP contribution in [0.4, 0.5) is 0 Å². The Kier molecular flexibility index (Phi) is 4.95. The summed E-state index contributed by atoms with van der Waals surface area (Å²) in [5.41, 5.74) is 0. The molecule has 0 aliphatic heterocycles. The third-order valence-corrected chi connectivity index (χ3v) is 111. The van der Waals surface area contributed by atoms with Crippen molar-refractivity contribution >= 4 is 37.2 Å². The van der Waals surface area contributed by atoms with Gasteiger partial charge in [0.25, 0.3) is 0 Å². The van der Waals surface area contributed by atoms with Crippen molar-refractivity contribution in [3.63, 3.8) is 0 Å². The van der Waals surface area contributed by atoms with Gasteiger partial charge in [0, 0.05) is 37.2 Å². The van der Waals surface area contributed by atoms with Gasteiger partial charge in [-0.05, 0) is 0 Å². The third-order valence-electron chi connectivity index (χ3n) is 4.12. The summed E-state index contributed by atoms with van der Waals surface area (Å²) in [4.78, 5) is 0. The number of hydrogen-bond acceptors (Lipinski definition) is 0. The molecule has 0 fully saturated rings. The zero-order chi connectivity index (χ0) is 13.6. The lowest BCUT2D eigenvalue weighted by atomic mass is 11.8. The third kappa shape index (κ3) is 2.58. The van der Waals surface area contributed by atoms with E-state index >= 15 is 0 Å². The van der Waals surface area contributed by atoms with E-state index in [0.717, 1.165) is 0 Å². The molecule has 0 heterocycles. The van der Waals surface area contributed by atoms with Gasteiger partial charge in [-0.15, -0.1) is 0 Å². The van der Waals surface area contributed by atoms with E-state index in [1.165, 1.54) is 0 Å². The maximum atomic E-state index is 2.70. The van der Waals surface area contributed by atoms with Gasteiger partial charge in [-0.1, -0.05) is 72.0 Å². The van der Waals surface area contributed by atoms with Crippen LogP contribution in [0.15, 0.2) is 0 Å². The van der Waals surface area contributed by atoms with Crippen LogP contribution in [0.3, 0.4) is 0 Å². The van der Waals surface area contributed by atoms with Gasteiger partial charge < -0.3 is 0 Å². The summed E-state index contributed by atoms with van der Waals surface area (Å²) in [6.45, 7) is 29.6. The van der Waals surface area contributed by atoms with E-state index in [0.29, 0.717) is 0 Å². The first-order chi connectivity index (χ1) is 6.69. The molecule has 0 spiro atoms. The molecule has 97 valence electrons. The van der Waals surface area contributed by atoms with Crippen LogP contribution in [0.2, 0.25) is 72.0 Å². The molecule has 0 saturated carbocycles.